The molecule has 0 spiro atoms. The monoisotopic (exact) mass is 232 g/mol. The van der Waals surface area contributed by atoms with Gasteiger partial charge in [-0.1, -0.05) is 19.1 Å². The molecule has 1 saturated heterocycles. The predicted molar refractivity (Wildman–Crippen MR) is 74.6 cm³/mol. The topological polar surface area (TPSA) is 15.3 Å². The molecule has 2 rings (SSSR count). The van der Waals surface area contributed by atoms with Crippen LogP contribution in [0.2, 0.25) is 0 Å². The van der Waals surface area contributed by atoms with Gasteiger partial charge in [0.1, 0.15) is 0 Å². The number of hydrogen-bond acceptors (Lipinski definition) is 2. The molecule has 1 aliphatic rings. The molecule has 94 valence electrons. The highest BCUT2D eigenvalue weighted by atomic mass is 15.1. The van der Waals surface area contributed by atoms with Gasteiger partial charge < -0.3 is 10.2 Å². The third kappa shape index (κ3) is 4.04. The minimum absolute atomic E-state index is 1.09. The second-order valence-electron chi connectivity index (χ2n) is 4.88. The van der Waals surface area contributed by atoms with E-state index < -0.39 is 0 Å². The summed E-state index contributed by atoms with van der Waals surface area (Å²) in [6, 6.07) is 8.75. The fourth-order valence-electron chi connectivity index (χ4n) is 2.44. The van der Waals surface area contributed by atoms with E-state index in [0.29, 0.717) is 0 Å². The summed E-state index contributed by atoms with van der Waals surface area (Å²) in [5.41, 5.74) is 2.68. The minimum Gasteiger partial charge on any atom is -0.385 e. The van der Waals surface area contributed by atoms with Crippen molar-refractivity contribution >= 4 is 5.69 Å². The third-order valence-electron chi connectivity index (χ3n) is 3.51. The van der Waals surface area contributed by atoms with Crippen molar-refractivity contribution in [2.45, 2.75) is 32.6 Å². The second kappa shape index (κ2) is 6.65. The highest BCUT2D eigenvalue weighted by molar-refractivity contribution is 5.45. The fraction of sp³-hybridized carbons (Fsp3) is 0.600. The zero-order valence-electron chi connectivity index (χ0n) is 10.9. The summed E-state index contributed by atoms with van der Waals surface area (Å²) >= 11 is 0. The number of rotatable bonds is 6. The first-order valence-corrected chi connectivity index (χ1v) is 6.93. The van der Waals surface area contributed by atoms with E-state index in [1.807, 2.05) is 0 Å². The summed E-state index contributed by atoms with van der Waals surface area (Å²) < 4.78 is 0. The minimum atomic E-state index is 1.09. The van der Waals surface area contributed by atoms with E-state index in [1.54, 1.807) is 0 Å². The predicted octanol–water partition coefficient (Wildman–Crippen LogP) is 3.15. The Balaban J connectivity index is 1.66. The first kappa shape index (κ1) is 12.4. The van der Waals surface area contributed by atoms with Gasteiger partial charge in [-0.3, -0.25) is 0 Å². The molecule has 1 N–H and O–H groups in total. The summed E-state index contributed by atoms with van der Waals surface area (Å²) in [5.74, 6) is 0. The van der Waals surface area contributed by atoms with Crippen LogP contribution in [0.4, 0.5) is 5.69 Å². The highest BCUT2D eigenvalue weighted by Gasteiger charge is 2.09. The SMILES string of the molecule is CCc1cccc(NCCCN2CCCC2)c1. The van der Waals surface area contributed by atoms with Gasteiger partial charge in [-0.15, -0.1) is 0 Å². The van der Waals surface area contributed by atoms with E-state index in [2.05, 4.69) is 41.4 Å². The molecule has 1 heterocycles. The first-order chi connectivity index (χ1) is 8.38. The first-order valence-electron chi connectivity index (χ1n) is 6.93. The fourth-order valence-corrected chi connectivity index (χ4v) is 2.44. The van der Waals surface area contributed by atoms with Gasteiger partial charge in [0.2, 0.25) is 0 Å². The van der Waals surface area contributed by atoms with Crippen molar-refractivity contribution in [2.75, 3.05) is 31.5 Å². The molecule has 0 amide bonds. The maximum Gasteiger partial charge on any atom is 0.0342 e. The number of likely N-dealkylation sites (tertiary alicyclic amines) is 1. The summed E-state index contributed by atoms with van der Waals surface area (Å²) in [5, 5.41) is 3.52. The zero-order valence-corrected chi connectivity index (χ0v) is 10.9. The number of anilines is 1. The number of hydrogen-bond donors (Lipinski definition) is 1. The van der Waals surface area contributed by atoms with Crippen LogP contribution in [-0.4, -0.2) is 31.1 Å². The van der Waals surface area contributed by atoms with Gasteiger partial charge in [0.05, 0.1) is 0 Å². The van der Waals surface area contributed by atoms with Crippen molar-refractivity contribution in [2.24, 2.45) is 0 Å². The van der Waals surface area contributed by atoms with Crippen LogP contribution in [0.25, 0.3) is 0 Å². The lowest BCUT2D eigenvalue weighted by atomic mass is 10.1. The second-order valence-corrected chi connectivity index (χ2v) is 4.88. The van der Waals surface area contributed by atoms with Crippen LogP contribution in [0.15, 0.2) is 24.3 Å². The molecule has 2 heteroatoms. The van der Waals surface area contributed by atoms with E-state index in [0.717, 1.165) is 13.0 Å². The Morgan fingerprint density at radius 1 is 1.24 bits per heavy atom. The molecule has 0 unspecified atom stereocenters. The van der Waals surface area contributed by atoms with E-state index in [9.17, 15) is 0 Å². The maximum absolute atomic E-state index is 3.52. The Kier molecular flexibility index (Phi) is 4.87. The van der Waals surface area contributed by atoms with Gasteiger partial charge in [-0.2, -0.15) is 0 Å². The van der Waals surface area contributed by atoms with Crippen molar-refractivity contribution < 1.29 is 0 Å². The van der Waals surface area contributed by atoms with E-state index in [-0.39, 0.29) is 0 Å². The maximum atomic E-state index is 3.52. The molecular weight excluding hydrogens is 208 g/mol. The summed E-state index contributed by atoms with van der Waals surface area (Å²) in [6.07, 6.45) is 5.15. The molecule has 0 radical (unpaired) electrons. The highest BCUT2D eigenvalue weighted by Crippen LogP contribution is 2.11. The van der Waals surface area contributed by atoms with Gasteiger partial charge in [0.15, 0.2) is 0 Å². The van der Waals surface area contributed by atoms with Crippen molar-refractivity contribution in [3.05, 3.63) is 29.8 Å². The third-order valence-corrected chi connectivity index (χ3v) is 3.51. The van der Waals surface area contributed by atoms with Crippen LogP contribution in [-0.2, 0) is 6.42 Å². The van der Waals surface area contributed by atoms with Crippen molar-refractivity contribution in [3.8, 4) is 0 Å². The van der Waals surface area contributed by atoms with Crippen molar-refractivity contribution in [1.29, 1.82) is 0 Å². The molecule has 0 aromatic heterocycles. The van der Waals surface area contributed by atoms with Crippen LogP contribution in [0, 0.1) is 0 Å². The van der Waals surface area contributed by atoms with Gasteiger partial charge >= 0.3 is 0 Å². The normalized spacial score (nSPS) is 16.3. The Morgan fingerprint density at radius 3 is 2.82 bits per heavy atom. The smallest absolute Gasteiger partial charge is 0.0342 e. The molecular formula is C15H24N2. The summed E-state index contributed by atoms with van der Waals surface area (Å²) in [7, 11) is 0. The lowest BCUT2D eigenvalue weighted by molar-refractivity contribution is 0.337. The lowest BCUT2D eigenvalue weighted by Gasteiger charge is -2.14. The van der Waals surface area contributed by atoms with Gasteiger partial charge in [0.25, 0.3) is 0 Å². The van der Waals surface area contributed by atoms with E-state index in [4.69, 9.17) is 0 Å². The summed E-state index contributed by atoms with van der Waals surface area (Å²) in [6.45, 7) is 7.16. The van der Waals surface area contributed by atoms with Crippen LogP contribution in [0.3, 0.4) is 0 Å². The van der Waals surface area contributed by atoms with Gasteiger partial charge in [0, 0.05) is 12.2 Å². The molecule has 1 aromatic rings. The average molecular weight is 232 g/mol. The van der Waals surface area contributed by atoms with Crippen LogP contribution in [0.5, 0.6) is 0 Å². The molecule has 1 fully saturated rings. The molecule has 0 atom stereocenters. The molecule has 0 bridgehead atoms. The quantitative estimate of drug-likeness (QED) is 0.758. The average Bonchev–Trinajstić information content (AvgIpc) is 2.88. The number of aryl methyl sites for hydroxylation is 1. The molecule has 2 nitrogen and oxygen atoms in total. The number of nitrogens with zero attached hydrogens (tertiary/aromatic N) is 1. The van der Waals surface area contributed by atoms with Crippen LogP contribution < -0.4 is 5.32 Å². The zero-order chi connectivity index (χ0) is 11.9. The molecule has 1 aromatic carbocycles. The van der Waals surface area contributed by atoms with Crippen molar-refractivity contribution in [1.82, 2.24) is 4.90 Å². The van der Waals surface area contributed by atoms with Crippen LogP contribution in [0.1, 0.15) is 31.7 Å². The number of benzene rings is 1. The standard InChI is InChI=1S/C15H24N2/c1-2-14-7-5-8-15(13-14)16-9-6-12-17-10-3-4-11-17/h5,7-8,13,16H,2-4,6,9-12H2,1H3. The van der Waals surface area contributed by atoms with E-state index in [1.165, 1.54) is 50.1 Å². The summed E-state index contributed by atoms with van der Waals surface area (Å²) in [4.78, 5) is 2.57. The van der Waals surface area contributed by atoms with Gasteiger partial charge in [-0.05, 0) is 63.0 Å². The van der Waals surface area contributed by atoms with E-state index >= 15 is 0 Å². The number of nitrogens with one attached hydrogen (secondary N) is 1. The Labute approximate surface area is 105 Å². The van der Waals surface area contributed by atoms with Crippen molar-refractivity contribution in [3.63, 3.8) is 0 Å². The Hall–Kier alpha value is -1.02. The molecule has 1 aliphatic heterocycles. The largest absolute Gasteiger partial charge is 0.385 e. The van der Waals surface area contributed by atoms with Crippen LogP contribution >= 0.6 is 0 Å². The molecule has 0 aliphatic carbocycles. The Bertz CT molecular complexity index is 329. The molecule has 17 heavy (non-hydrogen) atoms. The lowest BCUT2D eigenvalue weighted by Crippen LogP contribution is -2.22. The van der Waals surface area contributed by atoms with Gasteiger partial charge in [-0.25, -0.2) is 0 Å². The Morgan fingerprint density at radius 2 is 2.06 bits per heavy atom. The molecule has 0 saturated carbocycles.